The van der Waals surface area contributed by atoms with Crippen molar-refractivity contribution in [3.05, 3.63) is 42.4 Å². The smallest absolute Gasteiger partial charge is 0.161 e. The zero-order valence-corrected chi connectivity index (χ0v) is 14.9. The Morgan fingerprint density at radius 2 is 2.12 bits per heavy atom. The van der Waals surface area contributed by atoms with Crippen LogP contribution in [0, 0.1) is 0 Å². The van der Waals surface area contributed by atoms with Gasteiger partial charge in [0.25, 0.3) is 0 Å². The standard InChI is InChI=1S/C18H25N7/c1-3-5-16(18-21-7-10-23(18)2)24-11-8-20-17(24)15-12-14-13-19-6-4-9-25(14)22-15/h7-8,10-12,16,19H,3-6,9,13H2,1-2H3/t16-/m1/s1. The summed E-state index contributed by atoms with van der Waals surface area (Å²) in [4.78, 5) is 9.21. The molecule has 4 heterocycles. The topological polar surface area (TPSA) is 65.5 Å². The molecule has 0 spiro atoms. The van der Waals surface area contributed by atoms with E-state index < -0.39 is 0 Å². The molecule has 3 aromatic rings. The molecule has 1 N–H and O–H groups in total. The van der Waals surface area contributed by atoms with Gasteiger partial charge in [-0.15, -0.1) is 0 Å². The van der Waals surface area contributed by atoms with Gasteiger partial charge in [-0.1, -0.05) is 13.3 Å². The zero-order valence-electron chi connectivity index (χ0n) is 14.9. The van der Waals surface area contributed by atoms with E-state index in [-0.39, 0.29) is 6.04 Å². The molecule has 7 nitrogen and oxygen atoms in total. The lowest BCUT2D eigenvalue weighted by Gasteiger charge is -2.19. The second-order valence-corrected chi connectivity index (χ2v) is 6.63. The first-order valence-electron chi connectivity index (χ1n) is 9.05. The highest BCUT2D eigenvalue weighted by molar-refractivity contribution is 5.51. The van der Waals surface area contributed by atoms with Crippen LogP contribution in [0.5, 0.6) is 0 Å². The Balaban J connectivity index is 1.73. The third-order valence-corrected chi connectivity index (χ3v) is 4.85. The minimum atomic E-state index is 0.169. The fourth-order valence-corrected chi connectivity index (χ4v) is 3.60. The van der Waals surface area contributed by atoms with Crippen molar-refractivity contribution < 1.29 is 0 Å². The molecule has 0 saturated carbocycles. The van der Waals surface area contributed by atoms with Gasteiger partial charge in [0.15, 0.2) is 5.82 Å². The number of hydrogen-bond donors (Lipinski definition) is 1. The Hall–Kier alpha value is -2.41. The average Bonchev–Trinajstić information content (AvgIpc) is 3.31. The van der Waals surface area contributed by atoms with Crippen LogP contribution < -0.4 is 5.32 Å². The normalized spacial score (nSPS) is 15.8. The van der Waals surface area contributed by atoms with Crippen LogP contribution >= 0.6 is 0 Å². The quantitative estimate of drug-likeness (QED) is 0.775. The van der Waals surface area contributed by atoms with Gasteiger partial charge < -0.3 is 14.5 Å². The van der Waals surface area contributed by atoms with Crippen LogP contribution in [0.1, 0.15) is 43.7 Å². The molecular formula is C18H25N7. The number of imidazole rings is 2. The molecule has 7 heteroatoms. The lowest BCUT2D eigenvalue weighted by Crippen LogP contribution is -2.16. The Morgan fingerprint density at radius 1 is 1.24 bits per heavy atom. The molecule has 0 saturated heterocycles. The number of rotatable bonds is 5. The van der Waals surface area contributed by atoms with Crippen LogP contribution in [0.15, 0.2) is 30.9 Å². The molecule has 0 unspecified atom stereocenters. The molecule has 0 amide bonds. The first-order chi connectivity index (χ1) is 12.3. The Morgan fingerprint density at radius 3 is 2.92 bits per heavy atom. The Kier molecular flexibility index (Phi) is 4.40. The SMILES string of the molecule is CCC[C@H](c1nccn1C)n1ccnc1-c1cc2n(n1)CCCNC2. The highest BCUT2D eigenvalue weighted by Crippen LogP contribution is 2.28. The predicted molar refractivity (Wildman–Crippen MR) is 96.0 cm³/mol. The lowest BCUT2D eigenvalue weighted by molar-refractivity contribution is 0.494. The lowest BCUT2D eigenvalue weighted by atomic mass is 10.1. The molecule has 25 heavy (non-hydrogen) atoms. The number of fused-ring (bicyclic) bond motifs is 1. The maximum atomic E-state index is 4.83. The highest BCUT2D eigenvalue weighted by atomic mass is 15.3. The van der Waals surface area contributed by atoms with Crippen LogP contribution in [0.4, 0.5) is 0 Å². The number of nitrogens with zero attached hydrogens (tertiary/aromatic N) is 6. The number of nitrogens with one attached hydrogen (secondary N) is 1. The van der Waals surface area contributed by atoms with Crippen molar-refractivity contribution in [3.63, 3.8) is 0 Å². The van der Waals surface area contributed by atoms with Gasteiger partial charge in [-0.2, -0.15) is 5.10 Å². The zero-order chi connectivity index (χ0) is 17.2. The van der Waals surface area contributed by atoms with E-state index >= 15 is 0 Å². The minimum absolute atomic E-state index is 0.169. The summed E-state index contributed by atoms with van der Waals surface area (Å²) in [7, 11) is 2.05. The van der Waals surface area contributed by atoms with E-state index in [2.05, 4.69) is 42.1 Å². The highest BCUT2D eigenvalue weighted by Gasteiger charge is 2.22. The first kappa shape index (κ1) is 16.1. The van der Waals surface area contributed by atoms with Crippen molar-refractivity contribution in [2.24, 2.45) is 7.05 Å². The van der Waals surface area contributed by atoms with E-state index in [9.17, 15) is 0 Å². The molecule has 1 aliphatic heterocycles. The monoisotopic (exact) mass is 339 g/mol. The van der Waals surface area contributed by atoms with Gasteiger partial charge in [-0.3, -0.25) is 4.68 Å². The summed E-state index contributed by atoms with van der Waals surface area (Å²) >= 11 is 0. The molecule has 0 aromatic carbocycles. The van der Waals surface area contributed by atoms with Gasteiger partial charge in [-0.25, -0.2) is 9.97 Å². The van der Waals surface area contributed by atoms with Crippen LogP contribution in [-0.2, 0) is 20.1 Å². The Labute approximate surface area is 147 Å². The average molecular weight is 339 g/mol. The summed E-state index contributed by atoms with van der Waals surface area (Å²) < 4.78 is 6.43. The summed E-state index contributed by atoms with van der Waals surface area (Å²) in [5.74, 6) is 1.98. The fraction of sp³-hybridized carbons (Fsp3) is 0.500. The molecule has 4 rings (SSSR count). The summed E-state index contributed by atoms with van der Waals surface area (Å²) in [6.45, 7) is 5.08. The largest absolute Gasteiger partial charge is 0.336 e. The van der Waals surface area contributed by atoms with E-state index in [1.807, 2.05) is 31.8 Å². The molecule has 132 valence electrons. The summed E-state index contributed by atoms with van der Waals surface area (Å²) in [6, 6.07) is 2.33. The molecule has 3 aromatic heterocycles. The van der Waals surface area contributed by atoms with E-state index in [0.717, 1.165) is 56.2 Å². The van der Waals surface area contributed by atoms with Crippen molar-refractivity contribution in [1.82, 2.24) is 34.2 Å². The molecule has 0 fully saturated rings. The number of hydrogen-bond acceptors (Lipinski definition) is 4. The molecule has 0 radical (unpaired) electrons. The summed E-state index contributed by atoms with van der Waals surface area (Å²) in [6.07, 6.45) is 11.0. The second kappa shape index (κ2) is 6.84. The molecule has 1 aliphatic rings. The van der Waals surface area contributed by atoms with Crippen LogP contribution in [0.25, 0.3) is 11.5 Å². The molecular weight excluding hydrogens is 314 g/mol. The first-order valence-corrected chi connectivity index (χ1v) is 9.05. The van der Waals surface area contributed by atoms with Gasteiger partial charge >= 0.3 is 0 Å². The summed E-state index contributed by atoms with van der Waals surface area (Å²) in [5.41, 5.74) is 2.17. The maximum absolute atomic E-state index is 4.83. The molecule has 1 atom stereocenters. The number of aryl methyl sites for hydroxylation is 2. The van der Waals surface area contributed by atoms with E-state index in [1.54, 1.807) is 0 Å². The second-order valence-electron chi connectivity index (χ2n) is 6.63. The molecule has 0 bridgehead atoms. The maximum Gasteiger partial charge on any atom is 0.161 e. The van der Waals surface area contributed by atoms with Crippen molar-refractivity contribution >= 4 is 0 Å². The third-order valence-electron chi connectivity index (χ3n) is 4.85. The van der Waals surface area contributed by atoms with Crippen LogP contribution in [0.3, 0.4) is 0 Å². The van der Waals surface area contributed by atoms with Crippen molar-refractivity contribution in [2.75, 3.05) is 6.54 Å². The van der Waals surface area contributed by atoms with Gasteiger partial charge in [0.2, 0.25) is 0 Å². The minimum Gasteiger partial charge on any atom is -0.336 e. The predicted octanol–water partition coefficient (Wildman–Crippen LogP) is 2.36. The van der Waals surface area contributed by atoms with Crippen molar-refractivity contribution in [3.8, 4) is 11.5 Å². The fourth-order valence-electron chi connectivity index (χ4n) is 3.60. The van der Waals surface area contributed by atoms with Gasteiger partial charge in [0.05, 0.1) is 11.7 Å². The number of aromatic nitrogens is 6. The van der Waals surface area contributed by atoms with Gasteiger partial charge in [-0.05, 0) is 25.5 Å². The van der Waals surface area contributed by atoms with E-state index in [0.29, 0.717) is 0 Å². The van der Waals surface area contributed by atoms with Crippen LogP contribution in [0.2, 0.25) is 0 Å². The van der Waals surface area contributed by atoms with Crippen molar-refractivity contribution in [2.45, 2.75) is 45.3 Å². The molecule has 0 aliphatic carbocycles. The Bertz CT molecular complexity index is 818. The van der Waals surface area contributed by atoms with E-state index in [4.69, 9.17) is 5.10 Å². The van der Waals surface area contributed by atoms with Crippen LogP contribution in [-0.4, -0.2) is 35.4 Å². The van der Waals surface area contributed by atoms with Gasteiger partial charge in [0.1, 0.15) is 11.5 Å². The third kappa shape index (κ3) is 3.00. The van der Waals surface area contributed by atoms with E-state index in [1.165, 1.54) is 5.69 Å². The summed E-state index contributed by atoms with van der Waals surface area (Å²) in [5, 5.41) is 8.27. The van der Waals surface area contributed by atoms with Crippen molar-refractivity contribution in [1.29, 1.82) is 0 Å². The van der Waals surface area contributed by atoms with Gasteiger partial charge in [0, 0.05) is 44.9 Å².